The maximum atomic E-state index is 12.4. The summed E-state index contributed by atoms with van der Waals surface area (Å²) in [6.45, 7) is 11.0. The van der Waals surface area contributed by atoms with E-state index in [1.54, 1.807) is 12.0 Å². The first kappa shape index (κ1) is 23.1. The number of ether oxygens (including phenoxy) is 2. The van der Waals surface area contributed by atoms with Gasteiger partial charge >= 0.3 is 6.09 Å². The zero-order valence-corrected chi connectivity index (χ0v) is 21.2. The van der Waals surface area contributed by atoms with Crippen LogP contribution in [0.1, 0.15) is 50.9 Å². The van der Waals surface area contributed by atoms with Crippen molar-refractivity contribution in [2.45, 2.75) is 59.1 Å². The minimum absolute atomic E-state index is 0.208. The van der Waals surface area contributed by atoms with Gasteiger partial charge in [0.1, 0.15) is 16.9 Å². The highest BCUT2D eigenvalue weighted by Gasteiger charge is 2.28. The van der Waals surface area contributed by atoms with Crippen LogP contribution in [-0.2, 0) is 4.74 Å². The van der Waals surface area contributed by atoms with E-state index >= 15 is 0 Å². The van der Waals surface area contributed by atoms with Crippen molar-refractivity contribution in [2.24, 2.45) is 0 Å². The molecule has 4 aromatic rings. The van der Waals surface area contributed by atoms with Crippen molar-refractivity contribution >= 4 is 22.6 Å². The molecule has 0 bridgehead atoms. The molecule has 0 radical (unpaired) electrons. The van der Waals surface area contributed by atoms with Crippen molar-refractivity contribution in [2.75, 3.05) is 20.2 Å². The van der Waals surface area contributed by atoms with Gasteiger partial charge in [-0.3, -0.25) is 4.68 Å². The summed E-state index contributed by atoms with van der Waals surface area (Å²) in [7, 11) is 1.66. The molecular weight excluding hydrogens is 444 g/mol. The molecule has 0 atom stereocenters. The molecule has 9 nitrogen and oxygen atoms in total. The Balaban J connectivity index is 1.42. The van der Waals surface area contributed by atoms with Gasteiger partial charge in [-0.15, -0.1) is 0 Å². The molecule has 1 saturated heterocycles. The van der Waals surface area contributed by atoms with Crippen LogP contribution >= 0.6 is 0 Å². The van der Waals surface area contributed by atoms with E-state index in [0.717, 1.165) is 51.9 Å². The number of likely N-dealkylation sites (tertiary alicyclic amines) is 1. The van der Waals surface area contributed by atoms with Crippen molar-refractivity contribution in [1.29, 1.82) is 0 Å². The Kier molecular flexibility index (Phi) is 5.65. The van der Waals surface area contributed by atoms with E-state index in [1.165, 1.54) is 0 Å². The number of hydrogen-bond acceptors (Lipinski definition) is 6. The average molecular weight is 477 g/mol. The van der Waals surface area contributed by atoms with Gasteiger partial charge < -0.3 is 14.4 Å². The molecule has 1 fully saturated rings. The highest BCUT2D eigenvalue weighted by molar-refractivity contribution is 5.89. The lowest BCUT2D eigenvalue weighted by molar-refractivity contribution is 0.0185. The lowest BCUT2D eigenvalue weighted by Gasteiger charge is -2.33. The average Bonchev–Trinajstić information content (AvgIpc) is 3.40. The summed E-state index contributed by atoms with van der Waals surface area (Å²) in [5.74, 6) is 0.712. The number of fused-ring (bicyclic) bond motifs is 2. The van der Waals surface area contributed by atoms with Gasteiger partial charge in [0.15, 0.2) is 5.65 Å². The summed E-state index contributed by atoms with van der Waals surface area (Å²) in [5.41, 5.74) is 5.01. The minimum atomic E-state index is -0.490. The van der Waals surface area contributed by atoms with Gasteiger partial charge in [-0.05, 0) is 71.2 Å². The second kappa shape index (κ2) is 8.55. The van der Waals surface area contributed by atoms with E-state index in [1.807, 2.05) is 56.1 Å². The molecule has 1 aliphatic heterocycles. The number of imidazole rings is 1. The molecule has 1 aromatic carbocycles. The topological polar surface area (TPSA) is 86.8 Å². The van der Waals surface area contributed by atoms with Gasteiger partial charge in [0, 0.05) is 30.2 Å². The lowest BCUT2D eigenvalue weighted by atomic mass is 10.1. The molecule has 5 rings (SSSR count). The van der Waals surface area contributed by atoms with Crippen LogP contribution in [0.5, 0.6) is 5.75 Å². The third-order valence-electron chi connectivity index (χ3n) is 6.33. The Bertz CT molecular complexity index is 1410. The predicted octanol–water partition coefficient (Wildman–Crippen LogP) is 4.94. The number of carbonyl (C=O) groups is 1. The number of aromatic nitrogens is 5. The van der Waals surface area contributed by atoms with Crippen LogP contribution < -0.4 is 4.74 Å². The molecule has 0 aliphatic carbocycles. The van der Waals surface area contributed by atoms with Crippen molar-refractivity contribution in [3.63, 3.8) is 0 Å². The third kappa shape index (κ3) is 4.54. The summed E-state index contributed by atoms with van der Waals surface area (Å²) >= 11 is 0. The Morgan fingerprint density at radius 2 is 1.80 bits per heavy atom. The fourth-order valence-corrected chi connectivity index (χ4v) is 4.64. The van der Waals surface area contributed by atoms with E-state index in [0.29, 0.717) is 18.8 Å². The zero-order valence-electron chi connectivity index (χ0n) is 21.2. The van der Waals surface area contributed by atoms with E-state index in [-0.39, 0.29) is 12.1 Å². The Labute approximate surface area is 204 Å². The molecule has 0 unspecified atom stereocenters. The molecule has 0 N–H and O–H groups in total. The number of rotatable bonds is 3. The molecule has 0 spiro atoms. The monoisotopic (exact) mass is 476 g/mol. The quantitative estimate of drug-likeness (QED) is 0.416. The summed E-state index contributed by atoms with van der Waals surface area (Å²) < 4.78 is 15.1. The van der Waals surface area contributed by atoms with Crippen LogP contribution in [0.15, 0.2) is 30.6 Å². The molecule has 0 saturated carbocycles. The van der Waals surface area contributed by atoms with Crippen molar-refractivity contribution in [3.8, 4) is 17.0 Å². The van der Waals surface area contributed by atoms with Gasteiger partial charge in [0.25, 0.3) is 0 Å². The lowest BCUT2D eigenvalue weighted by Crippen LogP contribution is -2.42. The SMILES string of the molecule is COc1cc(-c2cc(C)c3nc(C)cn3n2)cc2cn(C3CCN(C(=O)OC(C)(C)C)CC3)nc12. The van der Waals surface area contributed by atoms with Crippen LogP contribution in [0.2, 0.25) is 0 Å². The summed E-state index contributed by atoms with van der Waals surface area (Å²) in [6.07, 6.45) is 5.39. The van der Waals surface area contributed by atoms with Crippen LogP contribution in [0, 0.1) is 13.8 Å². The largest absolute Gasteiger partial charge is 0.494 e. The standard InChI is InChI=1S/C26H32N6O3/c1-16-11-21(28-32-14-17(2)27-24(16)32)18-12-19-15-31(29-23(19)22(13-18)34-6)20-7-9-30(10-8-20)25(33)35-26(3,4)5/h11-15,20H,7-10H2,1-6H3. The summed E-state index contributed by atoms with van der Waals surface area (Å²) in [6, 6.07) is 6.36. The Morgan fingerprint density at radius 3 is 2.49 bits per heavy atom. The summed E-state index contributed by atoms with van der Waals surface area (Å²) in [5, 5.41) is 10.6. The van der Waals surface area contributed by atoms with Crippen LogP contribution in [0.3, 0.4) is 0 Å². The van der Waals surface area contributed by atoms with Gasteiger partial charge in [-0.25, -0.2) is 14.3 Å². The van der Waals surface area contributed by atoms with Crippen LogP contribution in [0.25, 0.3) is 27.8 Å². The van der Waals surface area contributed by atoms with Gasteiger partial charge in [0.2, 0.25) is 0 Å². The number of benzene rings is 1. The number of carbonyl (C=O) groups excluding carboxylic acids is 1. The second-order valence-corrected chi connectivity index (χ2v) is 10.3. The fourth-order valence-electron chi connectivity index (χ4n) is 4.64. The zero-order chi connectivity index (χ0) is 24.9. The van der Waals surface area contributed by atoms with Crippen molar-refractivity contribution in [3.05, 3.63) is 41.9 Å². The van der Waals surface area contributed by atoms with Crippen LogP contribution in [0.4, 0.5) is 4.79 Å². The number of methoxy groups -OCH3 is 1. The van der Waals surface area contributed by atoms with Crippen molar-refractivity contribution < 1.29 is 14.3 Å². The van der Waals surface area contributed by atoms with Gasteiger partial charge in [-0.2, -0.15) is 10.2 Å². The number of hydrogen-bond donors (Lipinski definition) is 0. The van der Waals surface area contributed by atoms with Crippen molar-refractivity contribution in [1.82, 2.24) is 29.3 Å². The smallest absolute Gasteiger partial charge is 0.410 e. The Hall–Kier alpha value is -3.62. The highest BCUT2D eigenvalue weighted by atomic mass is 16.6. The number of piperidine rings is 1. The summed E-state index contributed by atoms with van der Waals surface area (Å²) in [4.78, 5) is 18.7. The van der Waals surface area contributed by atoms with Gasteiger partial charge in [0.05, 0.1) is 30.7 Å². The first-order chi connectivity index (χ1) is 16.6. The van der Waals surface area contributed by atoms with E-state index in [4.69, 9.17) is 19.7 Å². The predicted molar refractivity (Wildman–Crippen MR) is 134 cm³/mol. The molecule has 35 heavy (non-hydrogen) atoms. The third-order valence-corrected chi connectivity index (χ3v) is 6.33. The first-order valence-electron chi connectivity index (χ1n) is 12.0. The number of nitrogens with zero attached hydrogens (tertiary/aromatic N) is 6. The number of aryl methyl sites for hydroxylation is 2. The number of amides is 1. The first-order valence-corrected chi connectivity index (χ1v) is 12.0. The van der Waals surface area contributed by atoms with E-state index in [9.17, 15) is 4.79 Å². The molecule has 3 aromatic heterocycles. The molecule has 9 heteroatoms. The molecule has 184 valence electrons. The molecule has 1 aliphatic rings. The maximum Gasteiger partial charge on any atom is 0.410 e. The fraction of sp³-hybridized carbons (Fsp3) is 0.462. The molecule has 1 amide bonds. The van der Waals surface area contributed by atoms with E-state index < -0.39 is 5.60 Å². The Morgan fingerprint density at radius 1 is 1.06 bits per heavy atom. The normalized spacial score (nSPS) is 15.2. The molecular formula is C26H32N6O3. The van der Waals surface area contributed by atoms with E-state index in [2.05, 4.69) is 23.3 Å². The van der Waals surface area contributed by atoms with Gasteiger partial charge in [-0.1, -0.05) is 0 Å². The minimum Gasteiger partial charge on any atom is -0.494 e. The highest BCUT2D eigenvalue weighted by Crippen LogP contribution is 2.33. The second-order valence-electron chi connectivity index (χ2n) is 10.3. The van der Waals surface area contributed by atoms with Crippen LogP contribution in [-0.4, -0.2) is 61.2 Å². The maximum absolute atomic E-state index is 12.4. The molecule has 4 heterocycles.